The van der Waals surface area contributed by atoms with E-state index in [4.69, 9.17) is 0 Å². The molecule has 0 saturated heterocycles. The van der Waals surface area contributed by atoms with Crippen LogP contribution >= 0.6 is 0 Å². The number of hydrogen-bond acceptors (Lipinski definition) is 0. The van der Waals surface area contributed by atoms with Crippen molar-refractivity contribution in [2.24, 2.45) is 0 Å². The van der Waals surface area contributed by atoms with E-state index in [1.165, 1.54) is 11.1 Å². The molecule has 0 saturated carbocycles. The van der Waals surface area contributed by atoms with E-state index in [-0.39, 0.29) is 0 Å². The minimum Gasteiger partial charge on any atom is -0.0877 e. The maximum absolute atomic E-state index is 2.08. The predicted octanol–water partition coefficient (Wildman–Crippen LogP) is 6.68. The van der Waals surface area contributed by atoms with Gasteiger partial charge >= 0.3 is 0 Å². The average Bonchev–Trinajstić information content (AvgIpc) is 2.54. The molecule has 0 aliphatic heterocycles. The molecule has 0 heterocycles. The molecule has 0 radical (unpaired) electrons. The van der Waals surface area contributed by atoms with Gasteiger partial charge in [0, 0.05) is 0 Å². The Bertz CT molecular complexity index is 479. The van der Waals surface area contributed by atoms with Gasteiger partial charge in [-0.3, -0.25) is 0 Å². The van der Waals surface area contributed by atoms with Gasteiger partial charge in [-0.2, -0.15) is 0 Å². The van der Waals surface area contributed by atoms with Crippen LogP contribution < -0.4 is 0 Å². The summed E-state index contributed by atoms with van der Waals surface area (Å²) < 4.78 is 0. The second-order valence-electron chi connectivity index (χ2n) is 4.75. The van der Waals surface area contributed by atoms with Crippen molar-refractivity contribution in [1.29, 1.82) is 0 Å². The van der Waals surface area contributed by atoms with Gasteiger partial charge in [-0.1, -0.05) is 108 Å². The van der Waals surface area contributed by atoms with Gasteiger partial charge in [0.2, 0.25) is 0 Å². The Morgan fingerprint density at radius 2 is 0.818 bits per heavy atom. The Morgan fingerprint density at radius 3 is 1.00 bits per heavy atom. The molecule has 0 bridgehead atoms. The summed E-state index contributed by atoms with van der Waals surface area (Å²) in [6.07, 6.45) is 12.0. The predicted molar refractivity (Wildman–Crippen MR) is 101 cm³/mol. The zero-order chi connectivity index (χ0) is 16.5. The molecule has 0 aliphatic rings. The van der Waals surface area contributed by atoms with Gasteiger partial charge in [0.1, 0.15) is 0 Å². The standard InChI is InChI=1S/C8H12.2C7H8/c1-3-5-7-8-6-4-2;2*1-7-5-3-2-4-6-7/h3-8H,1-2H3;2*2-6H,1H3/b5-3-,6-4+,8-7-;;. The largest absolute Gasteiger partial charge is 0.0877 e. The van der Waals surface area contributed by atoms with Crippen LogP contribution in [0.25, 0.3) is 0 Å². The third-order valence-corrected chi connectivity index (χ3v) is 2.60. The Balaban J connectivity index is 0.000000301. The number of benzene rings is 2. The maximum Gasteiger partial charge on any atom is -0.0398 e. The van der Waals surface area contributed by atoms with E-state index in [0.717, 1.165) is 0 Å². The smallest absolute Gasteiger partial charge is 0.0398 e. The number of allylic oxidation sites excluding steroid dienone is 6. The van der Waals surface area contributed by atoms with Crippen molar-refractivity contribution in [3.8, 4) is 0 Å². The summed E-state index contributed by atoms with van der Waals surface area (Å²) in [6, 6.07) is 20.5. The fourth-order valence-corrected chi connectivity index (χ4v) is 1.42. The normalized spacial score (nSPS) is 10.2. The van der Waals surface area contributed by atoms with Crippen molar-refractivity contribution in [3.05, 3.63) is 108 Å². The molecule has 0 aliphatic carbocycles. The first kappa shape index (κ1) is 19.7. The Hall–Kier alpha value is -2.34. The van der Waals surface area contributed by atoms with Gasteiger partial charge in [0.05, 0.1) is 0 Å². The molecule has 2 aromatic carbocycles. The second-order valence-corrected chi connectivity index (χ2v) is 4.75. The lowest BCUT2D eigenvalue weighted by Crippen LogP contribution is -1.62. The Labute approximate surface area is 136 Å². The summed E-state index contributed by atoms with van der Waals surface area (Å²) in [4.78, 5) is 0. The quantitative estimate of drug-likeness (QED) is 0.541. The van der Waals surface area contributed by atoms with Crippen molar-refractivity contribution in [2.75, 3.05) is 0 Å². The van der Waals surface area contributed by atoms with Gasteiger partial charge in [-0.25, -0.2) is 0 Å². The van der Waals surface area contributed by atoms with Crippen LogP contribution in [-0.2, 0) is 0 Å². The molecule has 0 aromatic heterocycles. The lowest BCUT2D eigenvalue weighted by Gasteiger charge is -1.82. The first-order chi connectivity index (χ1) is 10.7. The molecule has 0 N–H and O–H groups in total. The van der Waals surface area contributed by atoms with Gasteiger partial charge in [0.15, 0.2) is 0 Å². The molecule has 22 heavy (non-hydrogen) atoms. The van der Waals surface area contributed by atoms with E-state index in [0.29, 0.717) is 0 Å². The third kappa shape index (κ3) is 14.1. The highest BCUT2D eigenvalue weighted by molar-refractivity contribution is 5.12. The molecular weight excluding hydrogens is 264 g/mol. The molecule has 0 unspecified atom stereocenters. The molecule has 2 rings (SSSR count). The molecule has 0 fully saturated rings. The number of aryl methyl sites for hydroxylation is 2. The van der Waals surface area contributed by atoms with E-state index < -0.39 is 0 Å². The SMILES string of the molecule is C\C=C/C=C\C=C\C.Cc1ccccc1.Cc1ccccc1. The third-order valence-electron chi connectivity index (χ3n) is 2.60. The van der Waals surface area contributed by atoms with Gasteiger partial charge in [-0.15, -0.1) is 0 Å². The van der Waals surface area contributed by atoms with E-state index in [1.807, 2.05) is 86.7 Å². The van der Waals surface area contributed by atoms with Crippen molar-refractivity contribution in [1.82, 2.24) is 0 Å². The highest BCUT2D eigenvalue weighted by atomic mass is 13.8. The summed E-state index contributed by atoms with van der Waals surface area (Å²) in [5.74, 6) is 0. The zero-order valence-corrected chi connectivity index (χ0v) is 14.2. The van der Waals surface area contributed by atoms with Crippen molar-refractivity contribution >= 4 is 0 Å². The summed E-state index contributed by atoms with van der Waals surface area (Å²) in [5.41, 5.74) is 2.64. The van der Waals surface area contributed by atoms with Crippen LogP contribution in [0.15, 0.2) is 97.1 Å². The molecule has 0 heteroatoms. The topological polar surface area (TPSA) is 0 Å². The van der Waals surface area contributed by atoms with Crippen LogP contribution in [0.5, 0.6) is 0 Å². The van der Waals surface area contributed by atoms with Gasteiger partial charge in [0.25, 0.3) is 0 Å². The van der Waals surface area contributed by atoms with Crippen LogP contribution in [-0.4, -0.2) is 0 Å². The fourth-order valence-electron chi connectivity index (χ4n) is 1.42. The maximum atomic E-state index is 2.08. The van der Waals surface area contributed by atoms with Crippen molar-refractivity contribution in [2.45, 2.75) is 27.7 Å². The summed E-state index contributed by atoms with van der Waals surface area (Å²) >= 11 is 0. The average molecular weight is 292 g/mol. The monoisotopic (exact) mass is 292 g/mol. The first-order valence-electron chi connectivity index (χ1n) is 7.64. The van der Waals surface area contributed by atoms with Gasteiger partial charge in [-0.05, 0) is 27.7 Å². The van der Waals surface area contributed by atoms with Crippen LogP contribution in [0, 0.1) is 13.8 Å². The highest BCUT2D eigenvalue weighted by Crippen LogP contribution is 1.92. The van der Waals surface area contributed by atoms with Crippen LogP contribution in [0.3, 0.4) is 0 Å². The van der Waals surface area contributed by atoms with Crippen molar-refractivity contribution < 1.29 is 0 Å². The summed E-state index contributed by atoms with van der Waals surface area (Å²) in [5, 5.41) is 0. The molecule has 0 atom stereocenters. The van der Waals surface area contributed by atoms with Crippen LogP contribution in [0.2, 0.25) is 0 Å². The van der Waals surface area contributed by atoms with Gasteiger partial charge < -0.3 is 0 Å². The Kier molecular flexibility index (Phi) is 13.5. The van der Waals surface area contributed by atoms with Crippen molar-refractivity contribution in [3.63, 3.8) is 0 Å². The zero-order valence-electron chi connectivity index (χ0n) is 14.2. The minimum absolute atomic E-state index is 1.32. The minimum atomic E-state index is 1.32. The van der Waals surface area contributed by atoms with E-state index in [9.17, 15) is 0 Å². The van der Waals surface area contributed by atoms with E-state index >= 15 is 0 Å². The number of rotatable bonds is 2. The molecule has 0 amide bonds. The molecule has 2 aromatic rings. The molecular formula is C22H28. The van der Waals surface area contributed by atoms with Crippen LogP contribution in [0.4, 0.5) is 0 Å². The lowest BCUT2D eigenvalue weighted by atomic mass is 10.2. The molecule has 0 nitrogen and oxygen atoms in total. The lowest BCUT2D eigenvalue weighted by molar-refractivity contribution is 1.48. The Morgan fingerprint density at radius 1 is 0.500 bits per heavy atom. The number of hydrogen-bond donors (Lipinski definition) is 0. The summed E-state index contributed by atoms with van der Waals surface area (Å²) in [7, 11) is 0. The van der Waals surface area contributed by atoms with Crippen LogP contribution in [0.1, 0.15) is 25.0 Å². The summed E-state index contributed by atoms with van der Waals surface area (Å²) in [6.45, 7) is 8.17. The first-order valence-corrected chi connectivity index (χ1v) is 7.64. The fraction of sp³-hybridized carbons (Fsp3) is 0.182. The molecule has 0 spiro atoms. The molecule has 116 valence electrons. The van der Waals surface area contributed by atoms with E-state index in [1.54, 1.807) is 0 Å². The highest BCUT2D eigenvalue weighted by Gasteiger charge is 1.72. The van der Waals surface area contributed by atoms with E-state index in [2.05, 4.69) is 38.1 Å². The second kappa shape index (κ2) is 15.1.